The predicted molar refractivity (Wildman–Crippen MR) is 109 cm³/mol. The number of carbonyl (C=O) groups excluding carboxylic acids is 1. The van der Waals surface area contributed by atoms with Crippen LogP contribution in [0, 0.1) is 22.7 Å². The van der Waals surface area contributed by atoms with E-state index in [0.29, 0.717) is 23.4 Å². The van der Waals surface area contributed by atoms with Crippen molar-refractivity contribution in [2.45, 2.75) is 19.2 Å². The largest absolute Gasteiger partial charge is 0.435 e. The first kappa shape index (κ1) is 24.1. The fraction of sp³-hybridized carbons (Fsp3) is 0.130. The van der Waals surface area contributed by atoms with Gasteiger partial charge in [0.15, 0.2) is 5.69 Å². The van der Waals surface area contributed by atoms with Crippen molar-refractivity contribution < 1.29 is 31.5 Å². The summed E-state index contributed by atoms with van der Waals surface area (Å²) in [4.78, 5) is 17.6. The normalized spacial score (nSPS) is 10.9. The molecule has 0 bridgehead atoms. The Balaban J connectivity index is 2.09. The summed E-state index contributed by atoms with van der Waals surface area (Å²) >= 11 is 0. The molecule has 6 nitrogen and oxygen atoms in total. The lowest BCUT2D eigenvalue weighted by Gasteiger charge is -2.25. The van der Waals surface area contributed by atoms with Crippen molar-refractivity contribution >= 4 is 17.3 Å². The number of halogens is 5. The molecule has 11 heteroatoms. The maximum atomic E-state index is 13.3. The Labute approximate surface area is 190 Å². The van der Waals surface area contributed by atoms with Gasteiger partial charge in [-0.3, -0.25) is 9.69 Å². The summed E-state index contributed by atoms with van der Waals surface area (Å²) in [5.74, 6) is -0.967. The number of hydrogen-bond donors (Lipinski definition) is 0. The van der Waals surface area contributed by atoms with Crippen molar-refractivity contribution in [3.05, 3.63) is 83.2 Å². The third-order valence-electron chi connectivity index (χ3n) is 4.55. The fourth-order valence-electron chi connectivity index (χ4n) is 3.01. The number of ether oxygens (including phenoxy) is 1. The molecule has 0 fully saturated rings. The summed E-state index contributed by atoms with van der Waals surface area (Å²) in [6, 6.07) is 14.7. The fourth-order valence-corrected chi connectivity index (χ4v) is 3.01. The number of hydrogen-bond acceptors (Lipinski definition) is 5. The molecule has 3 rings (SSSR count). The Morgan fingerprint density at radius 1 is 1.03 bits per heavy atom. The predicted octanol–water partition coefficient (Wildman–Crippen LogP) is 5.35. The number of nitrogens with zero attached hydrogens (tertiary/aromatic N) is 4. The third-order valence-corrected chi connectivity index (χ3v) is 4.55. The van der Waals surface area contributed by atoms with Crippen LogP contribution in [-0.4, -0.2) is 17.5 Å². The Morgan fingerprint density at radius 3 is 2.21 bits per heavy atom. The van der Waals surface area contributed by atoms with E-state index in [1.54, 1.807) is 6.07 Å². The highest BCUT2D eigenvalue weighted by molar-refractivity contribution is 6.02. The van der Waals surface area contributed by atoms with Crippen LogP contribution in [0.5, 0.6) is 5.75 Å². The van der Waals surface area contributed by atoms with Gasteiger partial charge in [0.25, 0.3) is 0 Å². The molecule has 0 aliphatic heterocycles. The zero-order chi connectivity index (χ0) is 24.9. The van der Waals surface area contributed by atoms with Crippen LogP contribution in [0.1, 0.15) is 22.4 Å². The first-order valence-corrected chi connectivity index (χ1v) is 9.46. The standard InChI is InChI=1S/C23H13F5N4O2/c24-22(25)34-18-7-5-17(6-8-18)32(21(33)9-14-1-3-15(11-29)4-2-14)20-10-16(23(26,27)28)13-31-19(20)12-30/h1-8,10,13,22H,9H2. The van der Waals surface area contributed by atoms with E-state index in [0.717, 1.165) is 17.0 Å². The lowest BCUT2D eigenvalue weighted by Crippen LogP contribution is -2.29. The van der Waals surface area contributed by atoms with Crippen LogP contribution in [0.15, 0.2) is 60.8 Å². The van der Waals surface area contributed by atoms with E-state index in [1.165, 1.54) is 36.4 Å². The molecule has 0 saturated carbocycles. The van der Waals surface area contributed by atoms with E-state index in [9.17, 15) is 32.0 Å². The number of alkyl halides is 5. The first-order chi connectivity index (χ1) is 16.1. The smallest absolute Gasteiger partial charge is 0.417 e. The molecule has 0 aliphatic rings. The lowest BCUT2D eigenvalue weighted by atomic mass is 10.1. The molecule has 0 aliphatic carbocycles. The number of nitriles is 2. The summed E-state index contributed by atoms with van der Waals surface area (Å²) < 4.78 is 69.2. The van der Waals surface area contributed by atoms with Crippen LogP contribution in [0.3, 0.4) is 0 Å². The van der Waals surface area contributed by atoms with E-state index in [2.05, 4.69) is 9.72 Å². The Bertz CT molecular complexity index is 1260. The number of rotatable bonds is 6. The van der Waals surface area contributed by atoms with Gasteiger partial charge in [0, 0.05) is 11.9 Å². The quantitative estimate of drug-likeness (QED) is 0.451. The first-order valence-electron chi connectivity index (χ1n) is 9.46. The van der Waals surface area contributed by atoms with Crippen molar-refractivity contribution in [3.63, 3.8) is 0 Å². The lowest BCUT2D eigenvalue weighted by molar-refractivity contribution is -0.137. The van der Waals surface area contributed by atoms with Gasteiger partial charge in [0.1, 0.15) is 11.8 Å². The molecule has 0 saturated heterocycles. The monoisotopic (exact) mass is 472 g/mol. The molecule has 2 aromatic carbocycles. The molecule has 1 heterocycles. The van der Waals surface area contributed by atoms with Crippen molar-refractivity contribution in [1.82, 2.24) is 4.98 Å². The highest BCUT2D eigenvalue weighted by atomic mass is 19.4. The van der Waals surface area contributed by atoms with Gasteiger partial charge in [0.2, 0.25) is 5.91 Å². The SMILES string of the molecule is N#Cc1ccc(CC(=O)N(c2ccc(OC(F)F)cc2)c2cc(C(F)(F)F)cnc2C#N)cc1. The molecular weight excluding hydrogens is 459 g/mol. The average molecular weight is 472 g/mol. The highest BCUT2D eigenvalue weighted by Gasteiger charge is 2.33. The molecule has 0 spiro atoms. The van der Waals surface area contributed by atoms with Crippen molar-refractivity contribution in [2.24, 2.45) is 0 Å². The number of amides is 1. The minimum absolute atomic E-state index is 0.00196. The maximum absolute atomic E-state index is 13.3. The van der Waals surface area contributed by atoms with Gasteiger partial charge in [-0.15, -0.1) is 0 Å². The van der Waals surface area contributed by atoms with Crippen LogP contribution in [0.4, 0.5) is 33.3 Å². The molecule has 1 aromatic heterocycles. The number of carbonyl (C=O) groups is 1. The minimum Gasteiger partial charge on any atom is -0.435 e. The Kier molecular flexibility index (Phi) is 7.07. The van der Waals surface area contributed by atoms with Gasteiger partial charge < -0.3 is 4.74 Å². The van der Waals surface area contributed by atoms with Crippen LogP contribution < -0.4 is 9.64 Å². The van der Waals surface area contributed by atoms with E-state index in [4.69, 9.17) is 5.26 Å². The number of aromatic nitrogens is 1. The molecule has 0 unspecified atom stereocenters. The van der Waals surface area contributed by atoms with Gasteiger partial charge in [-0.2, -0.15) is 32.5 Å². The Morgan fingerprint density at radius 2 is 1.68 bits per heavy atom. The Hall–Kier alpha value is -4.51. The zero-order valence-corrected chi connectivity index (χ0v) is 17.1. The van der Waals surface area contributed by atoms with Gasteiger partial charge in [-0.05, 0) is 48.0 Å². The summed E-state index contributed by atoms with van der Waals surface area (Å²) in [6.45, 7) is -3.10. The molecule has 0 radical (unpaired) electrons. The van der Waals surface area contributed by atoms with Gasteiger partial charge >= 0.3 is 12.8 Å². The molecule has 0 N–H and O–H groups in total. The van der Waals surface area contributed by atoms with Crippen molar-refractivity contribution in [3.8, 4) is 17.9 Å². The molecule has 34 heavy (non-hydrogen) atoms. The average Bonchev–Trinajstić information content (AvgIpc) is 2.80. The van der Waals surface area contributed by atoms with E-state index in [1.807, 2.05) is 6.07 Å². The van der Waals surface area contributed by atoms with E-state index < -0.39 is 35.6 Å². The summed E-state index contributed by atoms with van der Waals surface area (Å²) in [6.07, 6.45) is -4.63. The van der Waals surface area contributed by atoms with Gasteiger partial charge in [0.05, 0.1) is 29.3 Å². The molecule has 3 aromatic rings. The van der Waals surface area contributed by atoms with E-state index >= 15 is 0 Å². The highest BCUT2D eigenvalue weighted by Crippen LogP contribution is 2.36. The van der Waals surface area contributed by atoms with Gasteiger partial charge in [-0.1, -0.05) is 12.1 Å². The number of benzene rings is 2. The van der Waals surface area contributed by atoms with Crippen molar-refractivity contribution in [1.29, 1.82) is 10.5 Å². The maximum Gasteiger partial charge on any atom is 0.417 e. The van der Waals surface area contributed by atoms with Crippen LogP contribution in [0.25, 0.3) is 0 Å². The second-order valence-corrected chi connectivity index (χ2v) is 6.79. The second kappa shape index (κ2) is 9.96. The van der Waals surface area contributed by atoms with E-state index in [-0.39, 0.29) is 17.9 Å². The summed E-state index contributed by atoms with van der Waals surface area (Å²) in [5.41, 5.74) is -1.28. The number of anilines is 2. The van der Waals surface area contributed by atoms with Crippen LogP contribution in [-0.2, 0) is 17.4 Å². The summed E-state index contributed by atoms with van der Waals surface area (Å²) in [5, 5.41) is 18.3. The molecule has 0 atom stereocenters. The topological polar surface area (TPSA) is 90.0 Å². The molecular formula is C23H13F5N4O2. The molecule has 1 amide bonds. The summed E-state index contributed by atoms with van der Waals surface area (Å²) in [7, 11) is 0. The van der Waals surface area contributed by atoms with Crippen LogP contribution in [0.2, 0.25) is 0 Å². The molecule has 172 valence electrons. The van der Waals surface area contributed by atoms with Crippen molar-refractivity contribution in [2.75, 3.05) is 4.90 Å². The van der Waals surface area contributed by atoms with Gasteiger partial charge in [-0.25, -0.2) is 4.98 Å². The zero-order valence-electron chi connectivity index (χ0n) is 17.1. The second-order valence-electron chi connectivity index (χ2n) is 6.79. The minimum atomic E-state index is -4.80. The van der Waals surface area contributed by atoms with Crippen LogP contribution >= 0.6 is 0 Å². The number of pyridine rings is 1. The third kappa shape index (κ3) is 5.64.